The van der Waals surface area contributed by atoms with Crippen LogP contribution in [0.1, 0.15) is 6.42 Å². The van der Waals surface area contributed by atoms with Crippen LogP contribution < -0.4 is 5.32 Å². The number of amides is 1. The molecule has 24 heavy (non-hydrogen) atoms. The largest absolute Gasteiger partial charge is 0.368 e. The van der Waals surface area contributed by atoms with Crippen LogP contribution in [0.3, 0.4) is 0 Å². The van der Waals surface area contributed by atoms with Gasteiger partial charge in [-0.3, -0.25) is 14.6 Å². The van der Waals surface area contributed by atoms with Crippen molar-refractivity contribution in [3.63, 3.8) is 0 Å². The molecule has 0 bridgehead atoms. The first-order valence-corrected chi connectivity index (χ1v) is 7.74. The lowest BCUT2D eigenvalue weighted by molar-refractivity contribution is -0.126. The van der Waals surface area contributed by atoms with Crippen molar-refractivity contribution in [2.45, 2.75) is 19.1 Å². The van der Waals surface area contributed by atoms with Gasteiger partial charge in [0.15, 0.2) is 5.82 Å². The molecule has 124 valence electrons. The number of aromatic amines is 1. The van der Waals surface area contributed by atoms with Crippen molar-refractivity contribution in [2.24, 2.45) is 5.92 Å². The molecule has 0 saturated carbocycles. The molecule has 0 unspecified atom stereocenters. The molecule has 1 fully saturated rings. The summed E-state index contributed by atoms with van der Waals surface area (Å²) in [6, 6.07) is 6.10. The lowest BCUT2D eigenvalue weighted by Crippen LogP contribution is -2.34. The number of nitrogens with zero attached hydrogens (tertiary/aromatic N) is 3. The molecule has 3 heterocycles. The molecule has 1 saturated heterocycles. The van der Waals surface area contributed by atoms with E-state index in [9.17, 15) is 9.18 Å². The van der Waals surface area contributed by atoms with E-state index in [-0.39, 0.29) is 17.6 Å². The maximum absolute atomic E-state index is 13.4. The van der Waals surface area contributed by atoms with E-state index >= 15 is 0 Å². The minimum atomic E-state index is -0.575. The molecule has 8 heteroatoms. The van der Waals surface area contributed by atoms with Gasteiger partial charge in [0.25, 0.3) is 5.91 Å². The monoisotopic (exact) mass is 329 g/mol. The zero-order valence-electron chi connectivity index (χ0n) is 12.8. The van der Waals surface area contributed by atoms with Gasteiger partial charge in [0.1, 0.15) is 11.9 Å². The maximum atomic E-state index is 13.4. The summed E-state index contributed by atoms with van der Waals surface area (Å²) >= 11 is 0. The smallest absolute Gasteiger partial charge is 0.255 e. The van der Waals surface area contributed by atoms with E-state index in [2.05, 4.69) is 20.6 Å². The van der Waals surface area contributed by atoms with Gasteiger partial charge >= 0.3 is 0 Å². The number of carbonyl (C=O) groups excluding carboxylic acids is 1. The summed E-state index contributed by atoms with van der Waals surface area (Å²) in [6.07, 6.45) is 3.77. The van der Waals surface area contributed by atoms with Crippen molar-refractivity contribution in [3.05, 3.63) is 42.5 Å². The topological polar surface area (TPSA) is 84.8 Å². The molecule has 1 aliphatic rings. The average molecular weight is 329 g/mol. The van der Waals surface area contributed by atoms with E-state index in [0.717, 1.165) is 6.42 Å². The van der Waals surface area contributed by atoms with Gasteiger partial charge in [-0.15, -0.1) is 0 Å². The van der Waals surface area contributed by atoms with Gasteiger partial charge < -0.3 is 10.1 Å². The zero-order valence-corrected chi connectivity index (χ0v) is 12.8. The fourth-order valence-corrected chi connectivity index (χ4v) is 3.03. The van der Waals surface area contributed by atoms with Crippen molar-refractivity contribution < 1.29 is 13.9 Å². The van der Waals surface area contributed by atoms with E-state index in [1.807, 2.05) is 12.3 Å². The lowest BCUT2D eigenvalue weighted by Gasteiger charge is -2.17. The highest BCUT2D eigenvalue weighted by Crippen LogP contribution is 2.26. The van der Waals surface area contributed by atoms with Crippen LogP contribution in [0.4, 0.5) is 10.2 Å². The van der Waals surface area contributed by atoms with Crippen LogP contribution in [0.5, 0.6) is 0 Å². The molecular weight excluding hydrogens is 313 g/mol. The summed E-state index contributed by atoms with van der Waals surface area (Å²) in [5.41, 5.74) is 0.659. The maximum Gasteiger partial charge on any atom is 0.255 e. The van der Waals surface area contributed by atoms with Gasteiger partial charge in [0.05, 0.1) is 5.52 Å². The number of nitrogens with one attached hydrogen (secondary N) is 2. The van der Waals surface area contributed by atoms with Crippen LogP contribution in [0.2, 0.25) is 0 Å². The second-order valence-electron chi connectivity index (χ2n) is 5.82. The average Bonchev–Trinajstić information content (AvgIpc) is 3.30. The second kappa shape index (κ2) is 6.04. The first-order valence-electron chi connectivity index (χ1n) is 7.74. The number of ether oxygens (including phenoxy) is 1. The molecule has 0 radical (unpaired) electrons. The third-order valence-corrected chi connectivity index (χ3v) is 4.22. The van der Waals surface area contributed by atoms with Crippen LogP contribution >= 0.6 is 0 Å². The van der Waals surface area contributed by atoms with Crippen LogP contribution in [-0.4, -0.2) is 38.6 Å². The molecule has 4 rings (SSSR count). The quantitative estimate of drug-likeness (QED) is 0.766. The van der Waals surface area contributed by atoms with Crippen molar-refractivity contribution in [2.75, 3.05) is 11.9 Å². The number of H-pyrrole nitrogens is 1. The Morgan fingerprint density at radius 1 is 1.50 bits per heavy atom. The Kier molecular flexibility index (Phi) is 3.73. The third kappa shape index (κ3) is 2.76. The highest BCUT2D eigenvalue weighted by molar-refractivity contribution is 6.01. The van der Waals surface area contributed by atoms with E-state index in [4.69, 9.17) is 4.74 Å². The Labute approximate surface area is 136 Å². The fourth-order valence-electron chi connectivity index (χ4n) is 3.03. The first kappa shape index (κ1) is 14.8. The number of halogens is 1. The first-order chi connectivity index (χ1) is 11.7. The summed E-state index contributed by atoms with van der Waals surface area (Å²) in [5, 5.41) is 14.3. The predicted octanol–water partition coefficient (Wildman–Crippen LogP) is 1.94. The summed E-state index contributed by atoms with van der Waals surface area (Å²) in [4.78, 5) is 12.6. The number of anilines is 1. The molecule has 0 spiro atoms. The molecule has 7 nitrogen and oxygen atoms in total. The summed E-state index contributed by atoms with van der Waals surface area (Å²) in [7, 11) is 0. The highest BCUT2D eigenvalue weighted by atomic mass is 19.1. The van der Waals surface area contributed by atoms with Crippen LogP contribution in [-0.2, 0) is 16.1 Å². The molecule has 0 aliphatic carbocycles. The van der Waals surface area contributed by atoms with E-state index < -0.39 is 6.10 Å². The Morgan fingerprint density at radius 3 is 3.25 bits per heavy atom. The summed E-state index contributed by atoms with van der Waals surface area (Å²) < 4.78 is 20.8. The molecule has 2 aromatic heterocycles. The van der Waals surface area contributed by atoms with E-state index in [1.165, 1.54) is 12.1 Å². The minimum Gasteiger partial charge on any atom is -0.368 e. The van der Waals surface area contributed by atoms with Crippen molar-refractivity contribution >= 4 is 22.6 Å². The zero-order chi connectivity index (χ0) is 16.5. The van der Waals surface area contributed by atoms with Gasteiger partial charge in [0, 0.05) is 36.8 Å². The number of fused-ring (bicyclic) bond motifs is 1. The third-order valence-electron chi connectivity index (χ3n) is 4.22. The summed E-state index contributed by atoms with van der Waals surface area (Å²) in [5.74, 6) is -0.315. The standard InChI is InChI=1S/C16H16FN5O2/c17-11-2-3-13-12(8-11)15(21-20-13)19-16(23)14-10(4-7-24-14)9-22-6-1-5-18-22/h1-3,5-6,8,10,14H,4,7,9H2,(H2,19,20,21,23)/t10-,14-/m0/s1. The number of benzene rings is 1. The van der Waals surface area contributed by atoms with E-state index in [1.54, 1.807) is 16.9 Å². The number of aromatic nitrogens is 4. The molecular formula is C16H16FN5O2. The van der Waals surface area contributed by atoms with Crippen molar-refractivity contribution in [3.8, 4) is 0 Å². The van der Waals surface area contributed by atoms with E-state index in [0.29, 0.717) is 29.9 Å². The van der Waals surface area contributed by atoms with Crippen LogP contribution in [0, 0.1) is 11.7 Å². The number of carbonyl (C=O) groups is 1. The van der Waals surface area contributed by atoms with Gasteiger partial charge in [-0.05, 0) is 30.7 Å². The number of rotatable bonds is 4. The van der Waals surface area contributed by atoms with Crippen molar-refractivity contribution in [1.29, 1.82) is 0 Å². The van der Waals surface area contributed by atoms with Crippen LogP contribution in [0.15, 0.2) is 36.7 Å². The van der Waals surface area contributed by atoms with Gasteiger partial charge in [0.2, 0.25) is 0 Å². The highest BCUT2D eigenvalue weighted by Gasteiger charge is 2.35. The van der Waals surface area contributed by atoms with Crippen LogP contribution in [0.25, 0.3) is 10.9 Å². The lowest BCUT2D eigenvalue weighted by atomic mass is 10.0. The Bertz CT molecular complexity index is 861. The second-order valence-corrected chi connectivity index (χ2v) is 5.82. The Hall–Kier alpha value is -2.74. The SMILES string of the molecule is O=C(Nc1n[nH]c2ccc(F)cc12)[C@H]1OCC[C@H]1Cn1cccn1. The molecule has 1 aromatic carbocycles. The minimum absolute atomic E-state index is 0.0341. The van der Waals surface area contributed by atoms with Gasteiger partial charge in [-0.1, -0.05) is 0 Å². The molecule has 3 aromatic rings. The van der Waals surface area contributed by atoms with Crippen molar-refractivity contribution in [1.82, 2.24) is 20.0 Å². The van der Waals surface area contributed by atoms with Gasteiger partial charge in [-0.25, -0.2) is 4.39 Å². The molecule has 2 N–H and O–H groups in total. The molecule has 2 atom stereocenters. The molecule has 1 amide bonds. The van der Waals surface area contributed by atoms with Gasteiger partial charge in [-0.2, -0.15) is 10.2 Å². The Morgan fingerprint density at radius 2 is 2.42 bits per heavy atom. The molecule has 1 aliphatic heterocycles. The summed E-state index contributed by atoms with van der Waals surface area (Å²) in [6.45, 7) is 1.14. The predicted molar refractivity (Wildman–Crippen MR) is 84.8 cm³/mol. The Balaban J connectivity index is 1.51. The fraction of sp³-hybridized carbons (Fsp3) is 0.312. The number of hydrogen-bond donors (Lipinski definition) is 2. The normalized spacial score (nSPS) is 20.5. The number of hydrogen-bond acceptors (Lipinski definition) is 4.